The molecule has 0 aromatic rings. The van der Waals surface area contributed by atoms with Crippen LogP contribution in [0.4, 0.5) is 0 Å². The number of aliphatic hydroxyl groups is 2. The second kappa shape index (κ2) is 4.74. The summed E-state index contributed by atoms with van der Waals surface area (Å²) >= 11 is 0. The van der Waals surface area contributed by atoms with Crippen molar-refractivity contribution in [3.05, 3.63) is 0 Å². The highest BCUT2D eigenvalue weighted by Crippen LogP contribution is 2.78. The molecule has 148 valence electrons. The highest BCUT2D eigenvalue weighted by molar-refractivity contribution is 5.92. The lowest BCUT2D eigenvalue weighted by Crippen LogP contribution is -2.59. The SMILES string of the molecule is COC(=O)[C@H]1[C@H]2[C@@]3(C[C@@H](O)[C@H](O)[C@@]2(C)C(=O)O3)[C@@H]2CC[C@@]3(C)C[C@]21CC3=O. The first-order valence-electron chi connectivity index (χ1n) is 9.77. The highest BCUT2D eigenvalue weighted by atomic mass is 16.6. The summed E-state index contributed by atoms with van der Waals surface area (Å²) in [5.74, 6) is -2.33. The lowest BCUT2D eigenvalue weighted by molar-refractivity contribution is -0.166. The average molecular weight is 378 g/mol. The maximum Gasteiger partial charge on any atom is 0.315 e. The summed E-state index contributed by atoms with van der Waals surface area (Å²) in [6.45, 7) is 3.55. The summed E-state index contributed by atoms with van der Waals surface area (Å²) in [5, 5.41) is 21.3. The van der Waals surface area contributed by atoms with Crippen LogP contribution in [0.15, 0.2) is 0 Å². The number of esters is 2. The Kier molecular flexibility index (Phi) is 3.09. The summed E-state index contributed by atoms with van der Waals surface area (Å²) in [6.07, 6.45) is -0.112. The van der Waals surface area contributed by atoms with Crippen LogP contribution in [0, 0.1) is 34.0 Å². The minimum Gasteiger partial charge on any atom is -0.469 e. The lowest BCUT2D eigenvalue weighted by Gasteiger charge is -2.47. The van der Waals surface area contributed by atoms with Gasteiger partial charge in [0.1, 0.15) is 16.8 Å². The third kappa shape index (κ3) is 1.63. The molecule has 1 aliphatic heterocycles. The molecule has 5 aliphatic rings. The van der Waals surface area contributed by atoms with E-state index >= 15 is 0 Å². The molecule has 4 aliphatic carbocycles. The van der Waals surface area contributed by atoms with Crippen LogP contribution in [0.5, 0.6) is 0 Å². The normalized spacial score (nSPS) is 57.9. The summed E-state index contributed by atoms with van der Waals surface area (Å²) in [5.41, 5.74) is -3.50. The van der Waals surface area contributed by atoms with Gasteiger partial charge in [-0.2, -0.15) is 0 Å². The number of hydrogen-bond donors (Lipinski definition) is 2. The van der Waals surface area contributed by atoms with Crippen LogP contribution in [0.2, 0.25) is 0 Å². The smallest absolute Gasteiger partial charge is 0.315 e. The number of ketones is 1. The monoisotopic (exact) mass is 378 g/mol. The lowest BCUT2D eigenvalue weighted by atomic mass is 9.58. The number of aliphatic hydroxyl groups excluding tert-OH is 2. The van der Waals surface area contributed by atoms with E-state index in [1.54, 1.807) is 6.92 Å². The van der Waals surface area contributed by atoms with Gasteiger partial charge in [-0.3, -0.25) is 14.4 Å². The maximum absolute atomic E-state index is 13.0. The Morgan fingerprint density at radius 1 is 1.26 bits per heavy atom. The quantitative estimate of drug-likeness (QED) is 0.643. The van der Waals surface area contributed by atoms with Crippen LogP contribution >= 0.6 is 0 Å². The van der Waals surface area contributed by atoms with Crippen LogP contribution in [0.1, 0.15) is 46.0 Å². The Hall–Kier alpha value is -1.47. The zero-order valence-corrected chi connectivity index (χ0v) is 15.9. The van der Waals surface area contributed by atoms with Gasteiger partial charge in [0, 0.05) is 30.1 Å². The van der Waals surface area contributed by atoms with E-state index in [1.165, 1.54) is 7.11 Å². The Bertz CT molecular complexity index is 778. The van der Waals surface area contributed by atoms with Crippen molar-refractivity contribution in [2.45, 2.75) is 63.8 Å². The minimum absolute atomic E-state index is 0.102. The molecule has 0 aromatic heterocycles. The molecule has 7 heteroatoms. The van der Waals surface area contributed by atoms with Crippen molar-refractivity contribution in [2.24, 2.45) is 34.0 Å². The molecule has 7 nitrogen and oxygen atoms in total. The van der Waals surface area contributed by atoms with Crippen molar-refractivity contribution in [3.63, 3.8) is 0 Å². The van der Waals surface area contributed by atoms with Crippen LogP contribution in [0.3, 0.4) is 0 Å². The molecule has 1 spiro atoms. The predicted octanol–water partition coefficient (Wildman–Crippen LogP) is 0.598. The number of carbonyl (C=O) groups is 3. The van der Waals surface area contributed by atoms with Crippen molar-refractivity contribution >= 4 is 17.7 Å². The summed E-state index contributed by atoms with van der Waals surface area (Å²) < 4.78 is 11.1. The molecule has 5 rings (SSSR count). The molecular weight excluding hydrogens is 352 g/mol. The van der Waals surface area contributed by atoms with Gasteiger partial charge in [0.05, 0.1) is 25.2 Å². The van der Waals surface area contributed by atoms with E-state index in [2.05, 4.69) is 0 Å². The first-order valence-corrected chi connectivity index (χ1v) is 9.77. The van der Waals surface area contributed by atoms with Crippen LogP contribution in [0.25, 0.3) is 0 Å². The maximum atomic E-state index is 13.0. The van der Waals surface area contributed by atoms with Gasteiger partial charge >= 0.3 is 11.9 Å². The number of Topliss-reactive ketones (excluding diaryl/α,β-unsaturated/α-hetero) is 1. The van der Waals surface area contributed by atoms with Gasteiger partial charge in [-0.1, -0.05) is 6.92 Å². The van der Waals surface area contributed by atoms with Crippen molar-refractivity contribution in [1.29, 1.82) is 0 Å². The van der Waals surface area contributed by atoms with Gasteiger partial charge in [0.15, 0.2) is 0 Å². The summed E-state index contributed by atoms with van der Waals surface area (Å²) in [6, 6.07) is 0. The number of ether oxygens (including phenoxy) is 2. The number of carbonyl (C=O) groups excluding carboxylic acids is 3. The molecule has 0 radical (unpaired) electrons. The van der Waals surface area contributed by atoms with E-state index in [0.717, 1.165) is 0 Å². The standard InChI is InChI=1S/C20H26O7/c1-17-5-4-10-19(8-17,7-11(17)22)12(15(24)26-3)13-18(2)14(23)9(21)6-20(10,13)27-16(18)25/h9-10,12-14,21,23H,4-8H2,1-3H3/t9-,10-,12-,13-,14+,17+,18+,19-,20-/m1/s1. The molecule has 0 unspecified atom stereocenters. The third-order valence-electron chi connectivity index (χ3n) is 8.96. The molecule has 2 N–H and O–H groups in total. The van der Waals surface area contributed by atoms with Gasteiger partial charge in [-0.15, -0.1) is 0 Å². The molecule has 9 atom stereocenters. The Morgan fingerprint density at radius 2 is 1.96 bits per heavy atom. The number of fused-ring (bicyclic) bond motifs is 1. The van der Waals surface area contributed by atoms with Crippen LogP contribution in [-0.2, 0) is 23.9 Å². The molecule has 0 amide bonds. The molecule has 27 heavy (non-hydrogen) atoms. The first kappa shape index (κ1) is 17.6. The van der Waals surface area contributed by atoms with Crippen molar-refractivity contribution in [2.75, 3.05) is 7.11 Å². The van der Waals surface area contributed by atoms with Crippen molar-refractivity contribution in [1.82, 2.24) is 0 Å². The fraction of sp³-hybridized carbons (Fsp3) is 0.850. The summed E-state index contributed by atoms with van der Waals surface area (Å²) in [4.78, 5) is 38.8. The highest BCUT2D eigenvalue weighted by Gasteiger charge is 2.85. The van der Waals surface area contributed by atoms with Gasteiger partial charge in [-0.25, -0.2) is 0 Å². The largest absolute Gasteiger partial charge is 0.469 e. The molecule has 1 saturated heterocycles. The van der Waals surface area contributed by atoms with Crippen LogP contribution in [-0.4, -0.2) is 52.9 Å². The average Bonchev–Trinajstić information content (AvgIpc) is 3.03. The molecule has 5 fully saturated rings. The predicted molar refractivity (Wildman–Crippen MR) is 90.1 cm³/mol. The van der Waals surface area contributed by atoms with Crippen molar-refractivity contribution < 1.29 is 34.1 Å². The van der Waals surface area contributed by atoms with Gasteiger partial charge in [0.2, 0.25) is 0 Å². The topological polar surface area (TPSA) is 110 Å². The van der Waals surface area contributed by atoms with Crippen LogP contribution < -0.4 is 0 Å². The van der Waals surface area contributed by atoms with Gasteiger partial charge in [-0.05, 0) is 31.6 Å². The van der Waals surface area contributed by atoms with Gasteiger partial charge < -0.3 is 19.7 Å². The summed E-state index contributed by atoms with van der Waals surface area (Å²) in [7, 11) is 1.32. The Balaban J connectivity index is 1.76. The fourth-order valence-electron chi connectivity index (χ4n) is 7.97. The fourth-order valence-corrected chi connectivity index (χ4v) is 7.97. The number of hydrogen-bond acceptors (Lipinski definition) is 7. The van der Waals surface area contributed by atoms with Crippen molar-refractivity contribution in [3.8, 4) is 0 Å². The number of rotatable bonds is 1. The number of methoxy groups -OCH3 is 1. The van der Waals surface area contributed by atoms with Gasteiger partial charge in [0.25, 0.3) is 0 Å². The Labute approximate surface area is 157 Å². The molecule has 1 heterocycles. The van der Waals surface area contributed by atoms with E-state index in [-0.39, 0.29) is 24.5 Å². The zero-order valence-electron chi connectivity index (χ0n) is 15.9. The van der Waals surface area contributed by atoms with E-state index in [9.17, 15) is 24.6 Å². The minimum atomic E-state index is -1.38. The molecule has 4 saturated carbocycles. The zero-order chi connectivity index (χ0) is 19.6. The molecular formula is C20H26O7. The molecule has 4 bridgehead atoms. The second-order valence-corrected chi connectivity index (χ2v) is 9.98. The Morgan fingerprint density at radius 3 is 2.63 bits per heavy atom. The third-order valence-corrected chi connectivity index (χ3v) is 8.96. The molecule has 0 aromatic carbocycles. The van der Waals surface area contributed by atoms with E-state index in [0.29, 0.717) is 19.3 Å². The first-order chi connectivity index (χ1) is 12.6. The van der Waals surface area contributed by atoms with E-state index < -0.39 is 57.8 Å². The second-order valence-electron chi connectivity index (χ2n) is 9.98. The van der Waals surface area contributed by atoms with E-state index in [4.69, 9.17) is 9.47 Å². The van der Waals surface area contributed by atoms with E-state index in [1.807, 2.05) is 6.92 Å².